The van der Waals surface area contributed by atoms with E-state index in [1.165, 1.54) is 0 Å². The van der Waals surface area contributed by atoms with Crippen LogP contribution in [0, 0.1) is 11.6 Å². The second-order valence-electron chi connectivity index (χ2n) is 6.41. The average Bonchev–Trinajstić information content (AvgIpc) is 2.90. The van der Waals surface area contributed by atoms with E-state index < -0.39 is 38.1 Å². The number of carbonyl (C=O) groups excluding carboxylic acids is 1. The molecule has 1 saturated heterocycles. The fourth-order valence-electron chi connectivity index (χ4n) is 3.62. The third-order valence-corrected chi connectivity index (χ3v) is 6.88. The smallest absolute Gasteiger partial charge is 0.339 e. The first-order valence-corrected chi connectivity index (χ1v) is 9.56. The quantitative estimate of drug-likeness (QED) is 0.753. The Balaban J connectivity index is 1.62. The molecule has 0 amide bonds. The van der Waals surface area contributed by atoms with Gasteiger partial charge in [-0.1, -0.05) is 18.2 Å². The van der Waals surface area contributed by atoms with Gasteiger partial charge in [-0.25, -0.2) is 22.0 Å². The molecule has 0 radical (unpaired) electrons. The van der Waals surface area contributed by atoms with Gasteiger partial charge in [0, 0.05) is 31.5 Å². The van der Waals surface area contributed by atoms with Crippen molar-refractivity contribution in [2.75, 3.05) is 13.1 Å². The fraction of sp³-hybridized carbons (Fsp3) is 0.278. The summed E-state index contributed by atoms with van der Waals surface area (Å²) in [4.78, 5) is 11.4. The van der Waals surface area contributed by atoms with Gasteiger partial charge in [0.1, 0.15) is 22.1 Å². The summed E-state index contributed by atoms with van der Waals surface area (Å²) in [5, 5.41) is 0. The Kier molecular flexibility index (Phi) is 3.85. The molecule has 0 atom stereocenters. The van der Waals surface area contributed by atoms with Crippen molar-refractivity contribution in [1.29, 1.82) is 0 Å². The number of esters is 1. The normalized spacial score (nSPS) is 19.4. The largest absolute Gasteiger partial charge is 0.450 e. The maximum atomic E-state index is 13.9. The van der Waals surface area contributed by atoms with Gasteiger partial charge in [0.15, 0.2) is 0 Å². The maximum absolute atomic E-state index is 13.9. The molecule has 5 nitrogen and oxygen atoms in total. The SMILES string of the molecule is O=C1OC2(CCN(S(=O)(=O)c3cc(F)ccc3F)CC2)c2ccccc21. The first-order valence-electron chi connectivity index (χ1n) is 8.12. The molecule has 8 heteroatoms. The minimum absolute atomic E-state index is 0.0416. The van der Waals surface area contributed by atoms with Crippen LogP contribution in [0.2, 0.25) is 0 Å². The van der Waals surface area contributed by atoms with Gasteiger partial charge >= 0.3 is 5.97 Å². The molecule has 2 aromatic rings. The maximum Gasteiger partial charge on any atom is 0.339 e. The van der Waals surface area contributed by atoms with E-state index in [-0.39, 0.29) is 25.9 Å². The van der Waals surface area contributed by atoms with E-state index in [2.05, 4.69) is 0 Å². The number of carbonyl (C=O) groups is 1. The lowest BCUT2D eigenvalue weighted by molar-refractivity contribution is -0.0329. The van der Waals surface area contributed by atoms with E-state index in [1.807, 2.05) is 0 Å². The van der Waals surface area contributed by atoms with Crippen LogP contribution in [-0.2, 0) is 20.4 Å². The minimum atomic E-state index is -4.17. The minimum Gasteiger partial charge on any atom is -0.450 e. The predicted octanol–water partition coefficient (Wildman–Crippen LogP) is 2.82. The van der Waals surface area contributed by atoms with Crippen molar-refractivity contribution in [2.24, 2.45) is 0 Å². The molecule has 2 aliphatic heterocycles. The summed E-state index contributed by atoms with van der Waals surface area (Å²) in [6, 6.07) is 9.37. The van der Waals surface area contributed by atoms with Crippen LogP contribution in [0.1, 0.15) is 28.8 Å². The molecule has 1 fully saturated rings. The first kappa shape index (κ1) is 17.1. The van der Waals surface area contributed by atoms with Gasteiger partial charge in [0.25, 0.3) is 0 Å². The Hall–Kier alpha value is -2.32. The number of piperidine rings is 1. The van der Waals surface area contributed by atoms with Crippen molar-refractivity contribution < 1.29 is 26.7 Å². The van der Waals surface area contributed by atoms with Gasteiger partial charge in [0.2, 0.25) is 10.0 Å². The number of nitrogens with zero attached hydrogens (tertiary/aromatic N) is 1. The number of ether oxygens (including phenoxy) is 1. The molecule has 0 N–H and O–H groups in total. The Morgan fingerprint density at radius 3 is 2.46 bits per heavy atom. The highest BCUT2D eigenvalue weighted by molar-refractivity contribution is 7.89. The molecule has 2 aromatic carbocycles. The van der Waals surface area contributed by atoms with Crippen LogP contribution in [0.5, 0.6) is 0 Å². The van der Waals surface area contributed by atoms with Crippen LogP contribution >= 0.6 is 0 Å². The zero-order valence-corrected chi connectivity index (χ0v) is 14.4. The van der Waals surface area contributed by atoms with Crippen LogP contribution in [0.15, 0.2) is 47.4 Å². The second-order valence-corrected chi connectivity index (χ2v) is 8.31. The third-order valence-electron chi connectivity index (χ3n) is 4.97. The van der Waals surface area contributed by atoms with Gasteiger partial charge in [0.05, 0.1) is 5.56 Å². The van der Waals surface area contributed by atoms with Gasteiger partial charge in [-0.05, 0) is 24.3 Å². The molecule has 0 aromatic heterocycles. The second kappa shape index (κ2) is 5.85. The van der Waals surface area contributed by atoms with E-state index in [0.717, 1.165) is 22.0 Å². The van der Waals surface area contributed by atoms with Crippen molar-refractivity contribution in [3.05, 3.63) is 65.2 Å². The predicted molar refractivity (Wildman–Crippen MR) is 87.9 cm³/mol. The topological polar surface area (TPSA) is 63.7 Å². The summed E-state index contributed by atoms with van der Waals surface area (Å²) in [5.74, 6) is -2.24. The molecule has 2 aliphatic rings. The van der Waals surface area contributed by atoms with E-state index >= 15 is 0 Å². The van der Waals surface area contributed by atoms with Crippen molar-refractivity contribution >= 4 is 16.0 Å². The highest BCUT2D eigenvalue weighted by atomic mass is 32.2. The summed E-state index contributed by atoms with van der Waals surface area (Å²) < 4.78 is 59.4. The fourth-order valence-corrected chi connectivity index (χ4v) is 5.14. The lowest BCUT2D eigenvalue weighted by Crippen LogP contribution is -2.45. The molecule has 0 saturated carbocycles. The third kappa shape index (κ3) is 2.52. The first-order chi connectivity index (χ1) is 12.3. The average molecular weight is 379 g/mol. The van der Waals surface area contributed by atoms with Crippen molar-refractivity contribution in [2.45, 2.75) is 23.3 Å². The monoisotopic (exact) mass is 379 g/mol. The summed E-state index contributed by atoms with van der Waals surface area (Å²) >= 11 is 0. The molecule has 0 bridgehead atoms. The zero-order chi connectivity index (χ0) is 18.5. The zero-order valence-electron chi connectivity index (χ0n) is 13.6. The molecule has 136 valence electrons. The lowest BCUT2D eigenvalue weighted by Gasteiger charge is -2.37. The molecule has 2 heterocycles. The van der Waals surface area contributed by atoms with Gasteiger partial charge in [-0.3, -0.25) is 0 Å². The van der Waals surface area contributed by atoms with Crippen molar-refractivity contribution in [3.8, 4) is 0 Å². The summed E-state index contributed by atoms with van der Waals surface area (Å²) in [6.45, 7) is 0.0831. The Bertz CT molecular complexity index is 998. The number of halogens is 2. The van der Waals surface area contributed by atoms with Crippen LogP contribution in [0.25, 0.3) is 0 Å². The van der Waals surface area contributed by atoms with Crippen LogP contribution < -0.4 is 0 Å². The van der Waals surface area contributed by atoms with Crippen LogP contribution in [-0.4, -0.2) is 31.8 Å². The summed E-state index contributed by atoms with van der Waals surface area (Å²) in [7, 11) is -4.17. The number of hydrogen-bond acceptors (Lipinski definition) is 4. The number of hydrogen-bond donors (Lipinski definition) is 0. The van der Waals surface area contributed by atoms with Crippen molar-refractivity contribution in [3.63, 3.8) is 0 Å². The number of rotatable bonds is 2. The van der Waals surface area contributed by atoms with E-state index in [0.29, 0.717) is 11.6 Å². The highest BCUT2D eigenvalue weighted by Gasteiger charge is 2.48. The summed E-state index contributed by atoms with van der Waals surface area (Å²) in [6.07, 6.45) is 0.512. The van der Waals surface area contributed by atoms with Crippen molar-refractivity contribution in [1.82, 2.24) is 4.31 Å². The van der Waals surface area contributed by atoms with Crippen LogP contribution in [0.4, 0.5) is 8.78 Å². The summed E-state index contributed by atoms with van der Waals surface area (Å²) in [5.41, 5.74) is 0.374. The molecule has 26 heavy (non-hydrogen) atoms. The molecule has 4 rings (SSSR count). The Morgan fingerprint density at radius 1 is 1.04 bits per heavy atom. The van der Waals surface area contributed by atoms with Gasteiger partial charge in [-0.2, -0.15) is 4.31 Å². The standard InChI is InChI=1S/C18H15F2NO4S/c19-12-5-6-15(20)16(11-12)26(23,24)21-9-7-18(8-10-21)14-4-2-1-3-13(14)17(22)25-18/h1-6,11H,7-10H2. The van der Waals surface area contributed by atoms with E-state index in [4.69, 9.17) is 4.74 Å². The molecule has 0 unspecified atom stereocenters. The molecule has 1 spiro atoms. The highest BCUT2D eigenvalue weighted by Crippen LogP contribution is 2.44. The number of benzene rings is 2. The Morgan fingerprint density at radius 2 is 1.73 bits per heavy atom. The number of sulfonamides is 1. The van der Waals surface area contributed by atoms with Gasteiger partial charge in [-0.15, -0.1) is 0 Å². The molecule has 0 aliphatic carbocycles. The lowest BCUT2D eigenvalue weighted by atomic mass is 9.84. The molecular formula is C18H15F2NO4S. The Labute approximate surface area is 149 Å². The molecular weight excluding hydrogens is 364 g/mol. The van der Waals surface area contributed by atoms with Crippen LogP contribution in [0.3, 0.4) is 0 Å². The van der Waals surface area contributed by atoms with E-state index in [9.17, 15) is 22.0 Å². The van der Waals surface area contributed by atoms with E-state index in [1.54, 1.807) is 24.3 Å². The number of fused-ring (bicyclic) bond motifs is 2. The van der Waals surface area contributed by atoms with Gasteiger partial charge < -0.3 is 4.74 Å².